The molecule has 0 aliphatic rings. The van der Waals surface area contributed by atoms with Gasteiger partial charge >= 0.3 is 6.36 Å². The molecule has 1 N–H and O–H groups in total. The van der Waals surface area contributed by atoms with Crippen molar-refractivity contribution in [2.75, 3.05) is 6.61 Å². The van der Waals surface area contributed by atoms with Gasteiger partial charge in [0, 0.05) is 18.8 Å². The molecule has 1 aromatic heterocycles. The first-order valence-corrected chi connectivity index (χ1v) is 8.80. The van der Waals surface area contributed by atoms with Gasteiger partial charge in [0.05, 0.1) is 22.9 Å². The minimum absolute atomic E-state index is 0.0365. The molecule has 0 radical (unpaired) electrons. The number of rotatable bonds is 6. The Morgan fingerprint density at radius 1 is 1.11 bits per heavy atom. The van der Waals surface area contributed by atoms with Gasteiger partial charge < -0.3 is 19.1 Å². The lowest BCUT2D eigenvalue weighted by molar-refractivity contribution is -0.274. The lowest BCUT2D eigenvalue weighted by atomic mass is 10.1. The van der Waals surface area contributed by atoms with E-state index in [2.05, 4.69) is 4.74 Å². The van der Waals surface area contributed by atoms with E-state index in [0.29, 0.717) is 35.2 Å². The molecular formula is C20H17ClF3NO3. The highest BCUT2D eigenvalue weighted by atomic mass is 35.5. The number of halogens is 4. The molecule has 0 aliphatic carbocycles. The van der Waals surface area contributed by atoms with Gasteiger partial charge in [0.2, 0.25) is 0 Å². The highest BCUT2D eigenvalue weighted by molar-refractivity contribution is 6.33. The fourth-order valence-electron chi connectivity index (χ4n) is 2.86. The highest BCUT2D eigenvalue weighted by Crippen LogP contribution is 2.39. The third kappa shape index (κ3) is 4.72. The lowest BCUT2D eigenvalue weighted by Crippen LogP contribution is -2.17. The number of hydrogen-bond donors (Lipinski definition) is 1. The van der Waals surface area contributed by atoms with E-state index in [-0.39, 0.29) is 11.5 Å². The summed E-state index contributed by atoms with van der Waals surface area (Å²) in [5.74, 6) is 0.314. The van der Waals surface area contributed by atoms with Crippen molar-refractivity contribution >= 4 is 11.6 Å². The Hall–Kier alpha value is -2.80. The Morgan fingerprint density at radius 2 is 1.82 bits per heavy atom. The molecule has 0 unspecified atom stereocenters. The van der Waals surface area contributed by atoms with Crippen LogP contribution in [0.2, 0.25) is 5.02 Å². The Labute approximate surface area is 164 Å². The summed E-state index contributed by atoms with van der Waals surface area (Å²) >= 11 is 6.37. The summed E-state index contributed by atoms with van der Waals surface area (Å²) in [4.78, 5) is 0. The summed E-state index contributed by atoms with van der Waals surface area (Å²) in [6.07, 6.45) is -3.21. The van der Waals surface area contributed by atoms with Crippen molar-refractivity contribution in [2.24, 2.45) is 0 Å². The molecule has 0 bridgehead atoms. The summed E-state index contributed by atoms with van der Waals surface area (Å²) < 4.78 is 48.2. The molecule has 148 valence electrons. The molecule has 28 heavy (non-hydrogen) atoms. The Balaban J connectivity index is 1.92. The molecule has 4 nitrogen and oxygen atoms in total. The van der Waals surface area contributed by atoms with Crippen molar-refractivity contribution in [3.63, 3.8) is 0 Å². The van der Waals surface area contributed by atoms with Gasteiger partial charge in [-0.1, -0.05) is 29.8 Å². The average Bonchev–Trinajstić information content (AvgIpc) is 2.96. The second kappa shape index (κ2) is 8.06. The molecule has 0 aliphatic heterocycles. The molecule has 0 saturated carbocycles. The molecule has 3 rings (SSSR count). The normalized spacial score (nSPS) is 11.5. The summed E-state index contributed by atoms with van der Waals surface area (Å²) in [5.41, 5.74) is 1.97. The van der Waals surface area contributed by atoms with Crippen LogP contribution in [-0.2, 0) is 6.54 Å². The van der Waals surface area contributed by atoms with Gasteiger partial charge in [-0.2, -0.15) is 0 Å². The van der Waals surface area contributed by atoms with Gasteiger partial charge in [-0.15, -0.1) is 13.2 Å². The monoisotopic (exact) mass is 411 g/mol. The molecule has 0 fully saturated rings. The summed E-state index contributed by atoms with van der Waals surface area (Å²) in [5, 5.41) is 10.5. The second-order valence-corrected chi connectivity index (χ2v) is 6.36. The second-order valence-electron chi connectivity index (χ2n) is 5.95. The molecule has 0 saturated heterocycles. The van der Waals surface area contributed by atoms with E-state index in [1.807, 2.05) is 6.92 Å². The van der Waals surface area contributed by atoms with Crippen molar-refractivity contribution in [1.82, 2.24) is 4.57 Å². The predicted octanol–water partition coefficient (Wildman–Crippen LogP) is 5.86. The van der Waals surface area contributed by atoms with Crippen LogP contribution in [0.5, 0.6) is 17.2 Å². The molecule has 0 spiro atoms. The number of aromatic nitrogens is 1. The van der Waals surface area contributed by atoms with Crippen LogP contribution in [0, 0.1) is 0 Å². The first-order valence-electron chi connectivity index (χ1n) is 8.42. The van der Waals surface area contributed by atoms with E-state index in [9.17, 15) is 18.3 Å². The number of nitrogens with zero attached hydrogens (tertiary/aromatic N) is 1. The van der Waals surface area contributed by atoms with Gasteiger partial charge in [-0.25, -0.2) is 0 Å². The predicted molar refractivity (Wildman–Crippen MR) is 99.9 cm³/mol. The topological polar surface area (TPSA) is 43.6 Å². The third-order valence-corrected chi connectivity index (χ3v) is 4.24. The van der Waals surface area contributed by atoms with Crippen LogP contribution in [0.1, 0.15) is 12.5 Å². The first kappa shape index (κ1) is 19.9. The standard InChI is InChI=1S/C20H17ClF3NO3/c1-2-27-18-5-3-4-16(21)19(18)17-10-14(26)12-25(17)11-13-6-8-15(9-7-13)28-20(22,23)24/h3-10,12,26H,2,11H2,1H3. The number of benzene rings is 2. The van der Waals surface area contributed by atoms with Crippen LogP contribution in [0.4, 0.5) is 13.2 Å². The largest absolute Gasteiger partial charge is 0.573 e. The summed E-state index contributed by atoms with van der Waals surface area (Å²) in [7, 11) is 0. The molecule has 0 amide bonds. The summed E-state index contributed by atoms with van der Waals surface area (Å²) in [6.45, 7) is 2.60. The zero-order valence-electron chi connectivity index (χ0n) is 14.8. The van der Waals surface area contributed by atoms with Crippen LogP contribution < -0.4 is 9.47 Å². The molecule has 8 heteroatoms. The van der Waals surface area contributed by atoms with Gasteiger partial charge in [0.1, 0.15) is 17.2 Å². The van der Waals surface area contributed by atoms with Crippen molar-refractivity contribution in [1.29, 1.82) is 0 Å². The van der Waals surface area contributed by atoms with E-state index >= 15 is 0 Å². The quantitative estimate of drug-likeness (QED) is 0.552. The van der Waals surface area contributed by atoms with Gasteiger partial charge in [0.15, 0.2) is 0 Å². The third-order valence-electron chi connectivity index (χ3n) is 3.92. The Kier molecular flexibility index (Phi) is 5.74. The van der Waals surface area contributed by atoms with Crippen molar-refractivity contribution in [3.8, 4) is 28.5 Å². The van der Waals surface area contributed by atoms with E-state index in [4.69, 9.17) is 16.3 Å². The smallest absolute Gasteiger partial charge is 0.506 e. The molecule has 0 atom stereocenters. The van der Waals surface area contributed by atoms with Crippen LogP contribution in [-0.4, -0.2) is 22.6 Å². The van der Waals surface area contributed by atoms with Crippen LogP contribution in [0.25, 0.3) is 11.3 Å². The van der Waals surface area contributed by atoms with Crippen LogP contribution >= 0.6 is 11.6 Å². The van der Waals surface area contributed by atoms with Crippen LogP contribution in [0.3, 0.4) is 0 Å². The minimum atomic E-state index is -4.74. The van der Waals surface area contributed by atoms with Crippen molar-refractivity contribution < 1.29 is 27.8 Å². The van der Waals surface area contributed by atoms with Gasteiger partial charge in [-0.05, 0) is 36.8 Å². The zero-order valence-corrected chi connectivity index (χ0v) is 15.6. The van der Waals surface area contributed by atoms with E-state index < -0.39 is 6.36 Å². The Bertz CT molecular complexity index is 952. The fourth-order valence-corrected chi connectivity index (χ4v) is 3.12. The van der Waals surface area contributed by atoms with Crippen molar-refractivity contribution in [3.05, 3.63) is 65.3 Å². The summed E-state index contributed by atoms with van der Waals surface area (Å²) in [6, 6.07) is 12.4. The highest BCUT2D eigenvalue weighted by Gasteiger charge is 2.31. The molecule has 2 aromatic carbocycles. The molecular weight excluding hydrogens is 395 g/mol. The van der Waals surface area contributed by atoms with Crippen LogP contribution in [0.15, 0.2) is 54.7 Å². The number of hydrogen-bond acceptors (Lipinski definition) is 3. The molecule has 1 heterocycles. The maximum absolute atomic E-state index is 12.3. The maximum atomic E-state index is 12.3. The van der Waals surface area contributed by atoms with Crippen molar-refractivity contribution in [2.45, 2.75) is 19.8 Å². The average molecular weight is 412 g/mol. The number of aromatic hydroxyl groups is 1. The molecule has 3 aromatic rings. The lowest BCUT2D eigenvalue weighted by Gasteiger charge is -2.15. The maximum Gasteiger partial charge on any atom is 0.573 e. The number of ether oxygens (including phenoxy) is 2. The van der Waals surface area contributed by atoms with E-state index in [0.717, 1.165) is 5.56 Å². The first-order chi connectivity index (χ1) is 13.3. The van der Waals surface area contributed by atoms with E-state index in [1.165, 1.54) is 30.5 Å². The van der Waals surface area contributed by atoms with E-state index in [1.54, 1.807) is 28.8 Å². The number of alkyl halides is 3. The fraction of sp³-hybridized carbons (Fsp3) is 0.200. The Morgan fingerprint density at radius 3 is 2.46 bits per heavy atom. The minimum Gasteiger partial charge on any atom is -0.506 e. The SMILES string of the molecule is CCOc1cccc(Cl)c1-c1cc(O)cn1Cc1ccc(OC(F)(F)F)cc1. The zero-order chi connectivity index (χ0) is 20.3. The van der Waals surface area contributed by atoms with Gasteiger partial charge in [0.25, 0.3) is 0 Å². The van der Waals surface area contributed by atoms with Gasteiger partial charge in [-0.3, -0.25) is 0 Å².